The Bertz CT molecular complexity index is 1340. The molecule has 0 unspecified atom stereocenters. The minimum absolute atomic E-state index is 0. The number of hydrogen-bond acceptors (Lipinski definition) is 4. The molecule has 0 bridgehead atoms. The Labute approximate surface area is 220 Å². The van der Waals surface area contributed by atoms with Crippen molar-refractivity contribution in [1.29, 1.82) is 0 Å². The minimum Gasteiger partial charge on any atom is -0.454 e. The number of nitrogens with zero attached hydrogens (tertiary/aromatic N) is 1. The molecule has 5 rings (SSSR count). The van der Waals surface area contributed by atoms with E-state index in [0.717, 1.165) is 46.5 Å². The molecule has 194 valence electrons. The lowest BCUT2D eigenvalue weighted by Gasteiger charge is -2.30. The maximum atomic E-state index is 13.4. The van der Waals surface area contributed by atoms with Gasteiger partial charge >= 0.3 is 0 Å². The highest BCUT2D eigenvalue weighted by atomic mass is 16.7. The summed E-state index contributed by atoms with van der Waals surface area (Å²) >= 11 is 0. The largest absolute Gasteiger partial charge is 0.454 e. The summed E-state index contributed by atoms with van der Waals surface area (Å²) in [5.74, 6) is 1.44. The zero-order valence-corrected chi connectivity index (χ0v) is 22.1. The van der Waals surface area contributed by atoms with Gasteiger partial charge in [-0.1, -0.05) is 24.3 Å². The Morgan fingerprint density at radius 2 is 1.57 bits per heavy atom. The number of aryl methyl sites for hydroxylation is 1. The summed E-state index contributed by atoms with van der Waals surface area (Å²) in [6, 6.07) is 19.7. The van der Waals surface area contributed by atoms with E-state index in [2.05, 4.69) is 5.32 Å². The maximum absolute atomic E-state index is 13.4. The van der Waals surface area contributed by atoms with Crippen molar-refractivity contribution in [2.24, 2.45) is 0 Å². The number of carbonyl (C=O) groups is 2. The summed E-state index contributed by atoms with van der Waals surface area (Å²) in [6.45, 7) is 10.4. The first-order chi connectivity index (χ1) is 17.7. The zero-order valence-electron chi connectivity index (χ0n) is 22.1. The highest BCUT2D eigenvalue weighted by Gasteiger charge is 2.51. The van der Waals surface area contributed by atoms with Crippen LogP contribution in [0.4, 0.5) is 5.69 Å². The van der Waals surface area contributed by atoms with Crippen molar-refractivity contribution in [3.05, 3.63) is 77.4 Å². The SMILES string of the molecule is Cc1ccc(NC(=O)C2(c3ccc4c(c3)OCO4)CC2)cc1-c1ccc(C(=O)N(C(C)C)C(C)C)cc1.[HH]. The average molecular weight is 501 g/mol. The third kappa shape index (κ3) is 4.68. The molecule has 2 aliphatic rings. The molecule has 0 radical (unpaired) electrons. The average Bonchev–Trinajstić information content (AvgIpc) is 3.55. The topological polar surface area (TPSA) is 67.9 Å². The molecule has 1 aliphatic carbocycles. The van der Waals surface area contributed by atoms with Crippen molar-refractivity contribution in [3.8, 4) is 22.6 Å². The van der Waals surface area contributed by atoms with Crippen molar-refractivity contribution in [3.63, 3.8) is 0 Å². The van der Waals surface area contributed by atoms with Crippen molar-refractivity contribution in [2.45, 2.75) is 65.0 Å². The Morgan fingerprint density at radius 3 is 2.22 bits per heavy atom. The molecule has 2 amide bonds. The second kappa shape index (κ2) is 9.58. The van der Waals surface area contributed by atoms with Crippen molar-refractivity contribution >= 4 is 17.5 Å². The first kappa shape index (κ1) is 24.9. The molecule has 1 aliphatic heterocycles. The van der Waals surface area contributed by atoms with Gasteiger partial charge in [-0.2, -0.15) is 0 Å². The molecule has 0 saturated heterocycles. The van der Waals surface area contributed by atoms with E-state index in [0.29, 0.717) is 11.3 Å². The van der Waals surface area contributed by atoms with Crippen LogP contribution in [-0.4, -0.2) is 35.6 Å². The predicted molar refractivity (Wildman–Crippen MR) is 147 cm³/mol. The molecule has 3 aromatic carbocycles. The second-order valence-electron chi connectivity index (χ2n) is 10.6. The summed E-state index contributed by atoms with van der Waals surface area (Å²) in [7, 11) is 0. The molecule has 37 heavy (non-hydrogen) atoms. The van der Waals surface area contributed by atoms with Crippen LogP contribution in [0.2, 0.25) is 0 Å². The fraction of sp³-hybridized carbons (Fsp3) is 0.355. The molecule has 1 fully saturated rings. The van der Waals surface area contributed by atoms with Crippen molar-refractivity contribution in [2.75, 3.05) is 12.1 Å². The molecule has 1 saturated carbocycles. The minimum atomic E-state index is -0.535. The van der Waals surface area contributed by atoms with Crippen LogP contribution in [0.1, 0.15) is 63.4 Å². The summed E-state index contributed by atoms with van der Waals surface area (Å²) < 4.78 is 10.9. The normalized spacial score (nSPS) is 15.1. The molecular formula is C31H36N2O4. The number of hydrogen-bond donors (Lipinski definition) is 1. The lowest BCUT2D eigenvalue weighted by atomic mass is 9.94. The molecule has 1 N–H and O–H groups in total. The second-order valence-corrected chi connectivity index (χ2v) is 10.6. The molecule has 0 aromatic heterocycles. The molecule has 0 spiro atoms. The van der Waals surface area contributed by atoms with Gasteiger partial charge in [0.15, 0.2) is 11.5 Å². The lowest BCUT2D eigenvalue weighted by molar-refractivity contribution is -0.118. The first-order valence-corrected chi connectivity index (χ1v) is 12.9. The standard InChI is InChI=1S/C31H34N2O4.H2/c1-19(2)33(20(3)4)29(34)23-9-7-22(8-10-23)26-17-25(12-6-21(26)5)32-30(35)31(14-15-31)24-11-13-27-28(16-24)37-18-36-27;/h6-13,16-17,19-20H,14-15,18H2,1-5H3,(H,32,35);1H. The van der Waals surface area contributed by atoms with E-state index in [1.165, 1.54) is 0 Å². The van der Waals surface area contributed by atoms with Crippen LogP contribution in [0.25, 0.3) is 11.1 Å². The van der Waals surface area contributed by atoms with Crippen LogP contribution in [0, 0.1) is 6.92 Å². The van der Waals surface area contributed by atoms with Crippen LogP contribution in [0.15, 0.2) is 60.7 Å². The van der Waals surface area contributed by atoms with Crippen molar-refractivity contribution < 1.29 is 20.5 Å². The molecule has 0 atom stereocenters. The Hall–Kier alpha value is -3.80. The van der Waals surface area contributed by atoms with Gasteiger partial charge in [-0.25, -0.2) is 0 Å². The first-order valence-electron chi connectivity index (χ1n) is 12.9. The van der Waals surface area contributed by atoms with Gasteiger partial charge in [0.1, 0.15) is 0 Å². The zero-order chi connectivity index (χ0) is 26.3. The van der Waals surface area contributed by atoms with Gasteiger partial charge in [-0.3, -0.25) is 9.59 Å². The van der Waals surface area contributed by atoms with Gasteiger partial charge in [0.25, 0.3) is 5.91 Å². The number of ether oxygens (including phenoxy) is 2. The number of nitrogens with one attached hydrogen (secondary N) is 1. The van der Waals surface area contributed by atoms with Gasteiger partial charge in [0.2, 0.25) is 12.7 Å². The van der Waals surface area contributed by atoms with Crippen molar-refractivity contribution in [1.82, 2.24) is 4.90 Å². The number of amides is 2. The van der Waals surface area contributed by atoms with E-state index in [1.54, 1.807) is 0 Å². The highest BCUT2D eigenvalue weighted by Crippen LogP contribution is 2.51. The summed E-state index contributed by atoms with van der Waals surface area (Å²) in [5.41, 5.74) is 4.97. The van der Waals surface area contributed by atoms with Gasteiger partial charge in [-0.05, 0) is 106 Å². The Morgan fingerprint density at radius 1 is 0.892 bits per heavy atom. The van der Waals surface area contributed by atoms with Crippen LogP contribution in [0.5, 0.6) is 11.5 Å². The van der Waals surface area contributed by atoms with Crippen LogP contribution >= 0.6 is 0 Å². The van der Waals surface area contributed by atoms with Crippen LogP contribution in [0.3, 0.4) is 0 Å². The van der Waals surface area contributed by atoms with E-state index >= 15 is 0 Å². The van der Waals surface area contributed by atoms with Gasteiger partial charge in [0.05, 0.1) is 5.41 Å². The molecular weight excluding hydrogens is 464 g/mol. The van der Waals surface area contributed by atoms with Gasteiger partial charge in [0, 0.05) is 24.8 Å². The van der Waals surface area contributed by atoms with E-state index < -0.39 is 5.41 Å². The Kier molecular flexibility index (Phi) is 6.44. The highest BCUT2D eigenvalue weighted by molar-refractivity contribution is 6.02. The van der Waals surface area contributed by atoms with E-state index in [-0.39, 0.29) is 32.1 Å². The maximum Gasteiger partial charge on any atom is 0.254 e. The fourth-order valence-corrected chi connectivity index (χ4v) is 5.23. The van der Waals surface area contributed by atoms with E-state index in [1.807, 2.05) is 100 Å². The molecule has 6 nitrogen and oxygen atoms in total. The number of anilines is 1. The number of carbonyl (C=O) groups excluding carboxylic acids is 2. The number of benzene rings is 3. The number of rotatable bonds is 7. The third-order valence-electron chi connectivity index (χ3n) is 7.40. The van der Waals surface area contributed by atoms with Gasteiger partial charge < -0.3 is 19.7 Å². The summed E-state index contributed by atoms with van der Waals surface area (Å²) in [6.07, 6.45) is 1.60. The molecule has 3 aromatic rings. The smallest absolute Gasteiger partial charge is 0.254 e. The van der Waals surface area contributed by atoms with E-state index in [9.17, 15) is 9.59 Å². The summed E-state index contributed by atoms with van der Waals surface area (Å²) in [4.78, 5) is 28.4. The number of fused-ring (bicyclic) bond motifs is 1. The monoisotopic (exact) mass is 500 g/mol. The quantitative estimate of drug-likeness (QED) is 0.399. The summed E-state index contributed by atoms with van der Waals surface area (Å²) in [5, 5.41) is 3.15. The van der Waals surface area contributed by atoms with Gasteiger partial charge in [-0.15, -0.1) is 0 Å². The van der Waals surface area contributed by atoms with Crippen LogP contribution < -0.4 is 14.8 Å². The molecule has 1 heterocycles. The molecule has 6 heteroatoms. The third-order valence-corrected chi connectivity index (χ3v) is 7.40. The predicted octanol–water partition coefficient (Wildman–Crippen LogP) is 6.57. The lowest BCUT2D eigenvalue weighted by Crippen LogP contribution is -2.42. The fourth-order valence-electron chi connectivity index (χ4n) is 5.23. The van der Waals surface area contributed by atoms with Crippen LogP contribution in [-0.2, 0) is 10.2 Å². The van der Waals surface area contributed by atoms with E-state index in [4.69, 9.17) is 9.47 Å². The Balaban J connectivity index is 0.00000336.